The van der Waals surface area contributed by atoms with Crippen LogP contribution in [0.4, 0.5) is 0 Å². The molecule has 2 nitrogen and oxygen atoms in total. The Morgan fingerprint density at radius 1 is 1.40 bits per heavy atom. The van der Waals surface area contributed by atoms with E-state index in [0.717, 1.165) is 19.3 Å². The maximum absolute atomic E-state index is 11.7. The molecule has 1 fully saturated rings. The maximum Gasteiger partial charge on any atom is 0.138 e. The van der Waals surface area contributed by atoms with Crippen molar-refractivity contribution in [2.24, 2.45) is 16.7 Å². The average molecular weight is 212 g/mol. The summed E-state index contributed by atoms with van der Waals surface area (Å²) >= 11 is 0. The van der Waals surface area contributed by atoms with Crippen molar-refractivity contribution in [1.29, 1.82) is 0 Å². The number of aliphatic hydroxyl groups excluding tert-OH is 1. The van der Waals surface area contributed by atoms with E-state index in [4.69, 9.17) is 0 Å². The molecular formula is C13H24O2. The third-order valence-electron chi connectivity index (χ3n) is 4.67. The van der Waals surface area contributed by atoms with Gasteiger partial charge in [-0.05, 0) is 31.1 Å². The van der Waals surface area contributed by atoms with E-state index >= 15 is 0 Å². The topological polar surface area (TPSA) is 37.3 Å². The predicted octanol–water partition coefficient (Wildman–Crippen LogP) is 2.79. The highest BCUT2D eigenvalue weighted by Crippen LogP contribution is 2.50. The van der Waals surface area contributed by atoms with Gasteiger partial charge < -0.3 is 5.11 Å². The first-order valence-electron chi connectivity index (χ1n) is 5.96. The number of aliphatic hydroxyl groups is 1. The van der Waals surface area contributed by atoms with Crippen LogP contribution in [0.5, 0.6) is 0 Å². The molecule has 1 N–H and O–H groups in total. The molecular weight excluding hydrogens is 188 g/mol. The number of hydrogen-bond donors (Lipinski definition) is 1. The van der Waals surface area contributed by atoms with Crippen molar-refractivity contribution in [3.05, 3.63) is 0 Å². The zero-order valence-electron chi connectivity index (χ0n) is 10.6. The lowest BCUT2D eigenvalue weighted by molar-refractivity contribution is -0.153. The summed E-state index contributed by atoms with van der Waals surface area (Å²) in [5.74, 6) is 0.651. The van der Waals surface area contributed by atoms with Crippen LogP contribution in [0.15, 0.2) is 0 Å². The van der Waals surface area contributed by atoms with Crippen molar-refractivity contribution in [3.8, 4) is 0 Å². The fraction of sp³-hybridized carbons (Fsp3) is 0.923. The molecule has 15 heavy (non-hydrogen) atoms. The molecule has 0 bridgehead atoms. The Labute approximate surface area is 93.1 Å². The van der Waals surface area contributed by atoms with Gasteiger partial charge >= 0.3 is 0 Å². The minimum Gasteiger partial charge on any atom is -0.392 e. The summed E-state index contributed by atoms with van der Waals surface area (Å²) in [6, 6.07) is 0. The molecule has 2 heteroatoms. The summed E-state index contributed by atoms with van der Waals surface area (Å²) in [6.07, 6.45) is 2.45. The van der Waals surface area contributed by atoms with Crippen LogP contribution in [-0.4, -0.2) is 17.0 Å². The smallest absolute Gasteiger partial charge is 0.138 e. The van der Waals surface area contributed by atoms with Gasteiger partial charge in [-0.3, -0.25) is 4.79 Å². The van der Waals surface area contributed by atoms with E-state index in [1.165, 1.54) is 0 Å². The Hall–Kier alpha value is -0.370. The SMILES string of the molecule is CCC1CCC(C)(C(C)=O)C(O)C1(C)C. The molecule has 0 amide bonds. The van der Waals surface area contributed by atoms with E-state index < -0.39 is 11.5 Å². The molecule has 1 saturated carbocycles. The van der Waals surface area contributed by atoms with Crippen LogP contribution in [0.1, 0.15) is 53.9 Å². The van der Waals surface area contributed by atoms with Crippen LogP contribution in [0.3, 0.4) is 0 Å². The highest BCUT2D eigenvalue weighted by molar-refractivity contribution is 5.82. The highest BCUT2D eigenvalue weighted by atomic mass is 16.3. The number of rotatable bonds is 2. The summed E-state index contributed by atoms with van der Waals surface area (Å²) in [6.45, 7) is 9.85. The van der Waals surface area contributed by atoms with E-state index in [2.05, 4.69) is 20.8 Å². The summed E-state index contributed by atoms with van der Waals surface area (Å²) in [5, 5.41) is 10.4. The van der Waals surface area contributed by atoms with Crippen molar-refractivity contribution in [2.75, 3.05) is 0 Å². The van der Waals surface area contributed by atoms with Gasteiger partial charge in [0, 0.05) is 0 Å². The lowest BCUT2D eigenvalue weighted by Crippen LogP contribution is -2.54. The fourth-order valence-corrected chi connectivity index (χ4v) is 3.13. The highest BCUT2D eigenvalue weighted by Gasteiger charge is 2.52. The van der Waals surface area contributed by atoms with Crippen LogP contribution < -0.4 is 0 Å². The van der Waals surface area contributed by atoms with Gasteiger partial charge in [0.2, 0.25) is 0 Å². The number of carbonyl (C=O) groups is 1. The number of hydrogen-bond acceptors (Lipinski definition) is 2. The molecule has 0 aromatic carbocycles. The Bertz CT molecular complexity index is 257. The quantitative estimate of drug-likeness (QED) is 0.764. The molecule has 3 unspecified atom stereocenters. The molecule has 0 spiro atoms. The number of Topliss-reactive ketones (excluding diaryl/α,β-unsaturated/α-hetero) is 1. The van der Waals surface area contributed by atoms with Crippen molar-refractivity contribution in [3.63, 3.8) is 0 Å². The maximum atomic E-state index is 11.7. The van der Waals surface area contributed by atoms with E-state index in [-0.39, 0.29) is 11.2 Å². The average Bonchev–Trinajstić information content (AvgIpc) is 2.14. The second-order valence-corrected chi connectivity index (χ2v) is 5.84. The molecule has 0 radical (unpaired) electrons. The minimum atomic E-state index is -0.533. The van der Waals surface area contributed by atoms with Crippen LogP contribution in [0.25, 0.3) is 0 Å². The molecule has 0 heterocycles. The van der Waals surface area contributed by atoms with Crippen molar-refractivity contribution in [1.82, 2.24) is 0 Å². The van der Waals surface area contributed by atoms with Gasteiger partial charge in [0.25, 0.3) is 0 Å². The van der Waals surface area contributed by atoms with Gasteiger partial charge in [0.05, 0.1) is 11.5 Å². The zero-order valence-corrected chi connectivity index (χ0v) is 10.6. The first-order valence-corrected chi connectivity index (χ1v) is 5.96. The molecule has 0 aromatic heterocycles. The van der Waals surface area contributed by atoms with E-state index in [1.54, 1.807) is 6.92 Å². The van der Waals surface area contributed by atoms with E-state index in [0.29, 0.717) is 5.92 Å². The Kier molecular flexibility index (Phi) is 3.30. The van der Waals surface area contributed by atoms with Crippen LogP contribution in [0, 0.1) is 16.7 Å². The summed E-state index contributed by atoms with van der Waals surface area (Å²) in [7, 11) is 0. The number of ketones is 1. The first-order chi connectivity index (χ1) is 6.76. The molecule has 0 aliphatic heterocycles. The zero-order chi connectivity index (χ0) is 11.9. The molecule has 1 rings (SSSR count). The molecule has 1 aliphatic carbocycles. The van der Waals surface area contributed by atoms with Crippen molar-refractivity contribution >= 4 is 5.78 Å². The van der Waals surface area contributed by atoms with Gasteiger partial charge in [0.1, 0.15) is 5.78 Å². The molecule has 1 aliphatic rings. The van der Waals surface area contributed by atoms with Gasteiger partial charge in [0.15, 0.2) is 0 Å². The van der Waals surface area contributed by atoms with Crippen LogP contribution >= 0.6 is 0 Å². The lowest BCUT2D eigenvalue weighted by Gasteiger charge is -2.51. The lowest BCUT2D eigenvalue weighted by atomic mass is 9.55. The van der Waals surface area contributed by atoms with Gasteiger partial charge in [-0.25, -0.2) is 0 Å². The summed E-state index contributed by atoms with van der Waals surface area (Å²) in [5.41, 5.74) is -0.678. The Balaban J connectivity index is 3.00. The van der Waals surface area contributed by atoms with Crippen molar-refractivity contribution in [2.45, 2.75) is 60.0 Å². The molecule has 0 aromatic rings. The largest absolute Gasteiger partial charge is 0.392 e. The predicted molar refractivity (Wildman–Crippen MR) is 61.6 cm³/mol. The van der Waals surface area contributed by atoms with E-state index in [1.807, 2.05) is 6.92 Å². The fourth-order valence-electron chi connectivity index (χ4n) is 3.13. The van der Waals surface area contributed by atoms with Crippen LogP contribution in [0.2, 0.25) is 0 Å². The Morgan fingerprint density at radius 3 is 2.33 bits per heavy atom. The van der Waals surface area contributed by atoms with E-state index in [9.17, 15) is 9.90 Å². The van der Waals surface area contributed by atoms with Gasteiger partial charge in [-0.1, -0.05) is 34.1 Å². The normalized spacial score (nSPS) is 40.1. The monoisotopic (exact) mass is 212 g/mol. The summed E-state index contributed by atoms with van der Waals surface area (Å²) in [4.78, 5) is 11.7. The molecule has 3 atom stereocenters. The van der Waals surface area contributed by atoms with Crippen LogP contribution in [-0.2, 0) is 4.79 Å². The standard InChI is InChI=1S/C13H24O2/c1-6-10-7-8-13(5,9(2)14)11(15)12(10,3)4/h10-11,15H,6-8H2,1-5H3. The van der Waals surface area contributed by atoms with Gasteiger partial charge in [-0.2, -0.15) is 0 Å². The molecule has 0 saturated heterocycles. The minimum absolute atomic E-state index is 0.123. The van der Waals surface area contributed by atoms with Crippen molar-refractivity contribution < 1.29 is 9.90 Å². The molecule has 88 valence electrons. The third kappa shape index (κ3) is 1.84. The van der Waals surface area contributed by atoms with Gasteiger partial charge in [-0.15, -0.1) is 0 Å². The second-order valence-electron chi connectivity index (χ2n) is 5.84. The first kappa shape index (κ1) is 12.7. The number of carbonyl (C=O) groups excluding carboxylic acids is 1. The Morgan fingerprint density at radius 2 is 1.93 bits per heavy atom. The summed E-state index contributed by atoms with van der Waals surface area (Å²) < 4.78 is 0. The second kappa shape index (κ2) is 3.89. The third-order valence-corrected chi connectivity index (χ3v) is 4.67.